The second-order valence-corrected chi connectivity index (χ2v) is 5.52. The smallest absolute Gasteiger partial charge is 0.270 e. The molecule has 88 valence electrons. The first-order valence-electron chi connectivity index (χ1n) is 5.39. The summed E-state index contributed by atoms with van der Waals surface area (Å²) in [7, 11) is 0. The molecule has 0 aliphatic carbocycles. The first-order valence-corrected chi connectivity index (χ1v) is 6.47. The standard InChI is InChI=1S/C11H15IN2O2/c1-7(15)8-2-3-14(6-8)11(16)10-4-9(12)5-13-10/h4-5,7-8,13,15H,2-3,6H2,1H3. The molecule has 0 bridgehead atoms. The molecule has 16 heavy (non-hydrogen) atoms. The third-order valence-electron chi connectivity index (χ3n) is 3.07. The fraction of sp³-hybridized carbons (Fsp3) is 0.545. The SMILES string of the molecule is CC(O)C1CCN(C(=O)c2cc(I)c[nH]2)C1. The highest BCUT2D eigenvalue weighted by molar-refractivity contribution is 14.1. The van der Waals surface area contributed by atoms with E-state index in [0.717, 1.165) is 16.5 Å². The molecule has 2 unspecified atom stereocenters. The molecule has 4 nitrogen and oxygen atoms in total. The van der Waals surface area contributed by atoms with Gasteiger partial charge in [-0.3, -0.25) is 4.79 Å². The Morgan fingerprint density at radius 3 is 3.00 bits per heavy atom. The summed E-state index contributed by atoms with van der Waals surface area (Å²) in [5.74, 6) is 0.254. The van der Waals surface area contributed by atoms with E-state index in [1.54, 1.807) is 11.8 Å². The van der Waals surface area contributed by atoms with Crippen molar-refractivity contribution in [1.82, 2.24) is 9.88 Å². The Hall–Kier alpha value is -0.560. The molecular formula is C11H15IN2O2. The van der Waals surface area contributed by atoms with E-state index < -0.39 is 0 Å². The lowest BCUT2D eigenvalue weighted by atomic mass is 10.0. The summed E-state index contributed by atoms with van der Waals surface area (Å²) in [5.41, 5.74) is 0.635. The van der Waals surface area contributed by atoms with Crippen molar-refractivity contribution in [3.8, 4) is 0 Å². The number of aliphatic hydroxyl groups excluding tert-OH is 1. The minimum atomic E-state index is -0.332. The number of carbonyl (C=O) groups is 1. The molecule has 1 aliphatic rings. The Balaban J connectivity index is 2.02. The zero-order valence-electron chi connectivity index (χ0n) is 9.11. The van der Waals surface area contributed by atoms with Gasteiger partial charge in [0.05, 0.1) is 6.10 Å². The molecule has 2 N–H and O–H groups in total. The third-order valence-corrected chi connectivity index (χ3v) is 3.70. The predicted octanol–water partition coefficient (Wildman–Crippen LogP) is 1.46. The van der Waals surface area contributed by atoms with E-state index in [1.165, 1.54) is 0 Å². The van der Waals surface area contributed by atoms with Gasteiger partial charge < -0.3 is 15.0 Å². The summed E-state index contributed by atoms with van der Waals surface area (Å²) >= 11 is 2.17. The molecule has 2 heterocycles. The van der Waals surface area contributed by atoms with Crippen LogP contribution < -0.4 is 0 Å². The number of aromatic amines is 1. The first-order chi connectivity index (χ1) is 7.58. The highest BCUT2D eigenvalue weighted by Crippen LogP contribution is 2.21. The lowest BCUT2D eigenvalue weighted by molar-refractivity contribution is 0.0757. The number of aliphatic hydroxyl groups is 1. The van der Waals surface area contributed by atoms with Crippen LogP contribution in [-0.2, 0) is 0 Å². The number of nitrogens with one attached hydrogen (secondary N) is 1. The van der Waals surface area contributed by atoms with E-state index in [4.69, 9.17) is 0 Å². The van der Waals surface area contributed by atoms with E-state index in [1.807, 2.05) is 12.3 Å². The average molecular weight is 334 g/mol. The molecule has 0 radical (unpaired) electrons. The summed E-state index contributed by atoms with van der Waals surface area (Å²) < 4.78 is 1.03. The number of halogens is 1. The van der Waals surface area contributed by atoms with Crippen molar-refractivity contribution in [3.05, 3.63) is 21.5 Å². The van der Waals surface area contributed by atoms with Crippen molar-refractivity contribution >= 4 is 28.5 Å². The van der Waals surface area contributed by atoms with Crippen molar-refractivity contribution in [2.45, 2.75) is 19.4 Å². The van der Waals surface area contributed by atoms with Gasteiger partial charge in [-0.15, -0.1) is 0 Å². The summed E-state index contributed by atoms with van der Waals surface area (Å²) in [6.07, 6.45) is 2.37. The molecule has 1 amide bonds. The van der Waals surface area contributed by atoms with Crippen molar-refractivity contribution in [3.63, 3.8) is 0 Å². The highest BCUT2D eigenvalue weighted by atomic mass is 127. The highest BCUT2D eigenvalue weighted by Gasteiger charge is 2.29. The second-order valence-electron chi connectivity index (χ2n) is 4.27. The Morgan fingerprint density at radius 2 is 2.50 bits per heavy atom. The Kier molecular flexibility index (Phi) is 3.53. The van der Waals surface area contributed by atoms with Crippen molar-refractivity contribution in [2.24, 2.45) is 5.92 Å². The quantitative estimate of drug-likeness (QED) is 0.805. The summed E-state index contributed by atoms with van der Waals surface area (Å²) in [5, 5.41) is 9.48. The molecule has 1 saturated heterocycles. The van der Waals surface area contributed by atoms with Gasteiger partial charge in [-0.2, -0.15) is 0 Å². The average Bonchev–Trinajstić information content (AvgIpc) is 2.84. The third kappa shape index (κ3) is 2.40. The normalized spacial score (nSPS) is 22.4. The molecule has 1 fully saturated rings. The van der Waals surface area contributed by atoms with E-state index in [-0.39, 0.29) is 17.9 Å². The summed E-state index contributed by atoms with van der Waals surface area (Å²) in [6, 6.07) is 1.85. The number of carbonyl (C=O) groups excluding carboxylic acids is 1. The minimum Gasteiger partial charge on any atom is -0.393 e. The second kappa shape index (κ2) is 4.75. The monoisotopic (exact) mass is 334 g/mol. The molecule has 1 aromatic rings. The van der Waals surface area contributed by atoms with E-state index in [9.17, 15) is 9.90 Å². The van der Waals surface area contributed by atoms with Crippen LogP contribution in [0.3, 0.4) is 0 Å². The van der Waals surface area contributed by atoms with Crippen LogP contribution in [0, 0.1) is 9.49 Å². The van der Waals surface area contributed by atoms with Crippen LogP contribution in [-0.4, -0.2) is 40.1 Å². The molecule has 2 rings (SSSR count). The molecule has 1 aromatic heterocycles. The Labute approximate surface area is 108 Å². The van der Waals surface area contributed by atoms with Crippen LogP contribution >= 0.6 is 22.6 Å². The maximum absolute atomic E-state index is 12.0. The maximum Gasteiger partial charge on any atom is 0.270 e. The number of nitrogens with zero attached hydrogens (tertiary/aromatic N) is 1. The van der Waals surface area contributed by atoms with Gasteiger partial charge in [0.2, 0.25) is 0 Å². The summed E-state index contributed by atoms with van der Waals surface area (Å²) in [6.45, 7) is 3.19. The zero-order chi connectivity index (χ0) is 11.7. The van der Waals surface area contributed by atoms with Gasteiger partial charge >= 0.3 is 0 Å². The molecule has 5 heteroatoms. The number of hydrogen-bond donors (Lipinski definition) is 2. The fourth-order valence-electron chi connectivity index (χ4n) is 2.03. The van der Waals surface area contributed by atoms with Gasteiger partial charge in [0.15, 0.2) is 0 Å². The number of H-pyrrole nitrogens is 1. The predicted molar refractivity (Wildman–Crippen MR) is 69.2 cm³/mol. The van der Waals surface area contributed by atoms with Crippen molar-refractivity contribution in [2.75, 3.05) is 13.1 Å². The fourth-order valence-corrected chi connectivity index (χ4v) is 2.49. The van der Waals surface area contributed by atoms with Gasteiger partial charge in [0.25, 0.3) is 5.91 Å². The first kappa shape index (κ1) is 11.9. The zero-order valence-corrected chi connectivity index (χ0v) is 11.3. The van der Waals surface area contributed by atoms with Crippen LogP contribution in [0.5, 0.6) is 0 Å². The Bertz CT molecular complexity index is 389. The molecule has 0 aromatic carbocycles. The van der Waals surface area contributed by atoms with E-state index in [2.05, 4.69) is 27.6 Å². The number of rotatable bonds is 2. The topological polar surface area (TPSA) is 56.3 Å². The number of aromatic nitrogens is 1. The van der Waals surface area contributed by atoms with Crippen LogP contribution in [0.4, 0.5) is 0 Å². The van der Waals surface area contributed by atoms with Gasteiger partial charge in [-0.1, -0.05) is 0 Å². The van der Waals surface area contributed by atoms with Crippen LogP contribution in [0.15, 0.2) is 12.3 Å². The molecule has 0 spiro atoms. The number of likely N-dealkylation sites (tertiary alicyclic amines) is 1. The molecule has 0 saturated carbocycles. The van der Waals surface area contributed by atoms with Crippen molar-refractivity contribution in [1.29, 1.82) is 0 Å². The van der Waals surface area contributed by atoms with E-state index >= 15 is 0 Å². The maximum atomic E-state index is 12.0. The lowest BCUT2D eigenvalue weighted by Crippen LogP contribution is -2.30. The van der Waals surface area contributed by atoms with Crippen LogP contribution in [0.25, 0.3) is 0 Å². The number of hydrogen-bond acceptors (Lipinski definition) is 2. The Morgan fingerprint density at radius 1 is 1.75 bits per heavy atom. The molecule has 1 aliphatic heterocycles. The van der Waals surface area contributed by atoms with Gasteiger partial charge in [-0.25, -0.2) is 0 Å². The molecule has 2 atom stereocenters. The van der Waals surface area contributed by atoms with Crippen LogP contribution in [0.1, 0.15) is 23.8 Å². The van der Waals surface area contributed by atoms with E-state index in [0.29, 0.717) is 12.2 Å². The summed E-state index contributed by atoms with van der Waals surface area (Å²) in [4.78, 5) is 16.8. The minimum absolute atomic E-state index is 0.0334. The van der Waals surface area contributed by atoms with Crippen LogP contribution in [0.2, 0.25) is 0 Å². The van der Waals surface area contributed by atoms with Gasteiger partial charge in [0.1, 0.15) is 5.69 Å². The largest absolute Gasteiger partial charge is 0.393 e. The number of amides is 1. The van der Waals surface area contributed by atoms with Gasteiger partial charge in [0, 0.05) is 28.8 Å². The van der Waals surface area contributed by atoms with Gasteiger partial charge in [-0.05, 0) is 42.0 Å². The molecular weight excluding hydrogens is 319 g/mol. The van der Waals surface area contributed by atoms with Crippen molar-refractivity contribution < 1.29 is 9.90 Å². The lowest BCUT2D eigenvalue weighted by Gasteiger charge is -2.16.